The quantitative estimate of drug-likeness (QED) is 0.721. The van der Waals surface area contributed by atoms with Gasteiger partial charge in [0.05, 0.1) is 13.2 Å². The van der Waals surface area contributed by atoms with E-state index in [2.05, 4.69) is 37.3 Å². The second-order valence-electron chi connectivity index (χ2n) is 8.04. The molecule has 0 radical (unpaired) electrons. The lowest BCUT2D eigenvalue weighted by atomic mass is 9.73. The maximum Gasteiger partial charge on any atom is 0.303 e. The van der Waals surface area contributed by atoms with Gasteiger partial charge in [-0.2, -0.15) is 0 Å². The van der Waals surface area contributed by atoms with Crippen LogP contribution in [-0.4, -0.2) is 30.6 Å². The topological polar surface area (TPSA) is 55.8 Å². The van der Waals surface area contributed by atoms with E-state index in [9.17, 15) is 4.79 Å². The molecule has 4 nitrogen and oxygen atoms in total. The van der Waals surface area contributed by atoms with Crippen LogP contribution < -0.4 is 0 Å². The lowest BCUT2D eigenvalue weighted by molar-refractivity contribution is -0.137. The maximum absolute atomic E-state index is 10.8. The van der Waals surface area contributed by atoms with Gasteiger partial charge in [-0.05, 0) is 36.2 Å². The Bertz CT molecular complexity index is 545. The first-order valence-corrected chi connectivity index (χ1v) is 10.1. The van der Waals surface area contributed by atoms with Crippen molar-refractivity contribution in [2.75, 3.05) is 13.2 Å². The van der Waals surface area contributed by atoms with Crippen LogP contribution in [0, 0.1) is 17.8 Å². The van der Waals surface area contributed by atoms with Gasteiger partial charge in [-0.3, -0.25) is 4.79 Å². The number of rotatable bonds is 8. The SMILES string of the molecule is CC(C1OCCO1)C(CC1CCC(CCC(=O)O)CC1)c1ccccc1. The van der Waals surface area contributed by atoms with Crippen molar-refractivity contribution in [1.82, 2.24) is 0 Å². The van der Waals surface area contributed by atoms with Gasteiger partial charge in [0.25, 0.3) is 0 Å². The van der Waals surface area contributed by atoms with Crippen LogP contribution in [-0.2, 0) is 14.3 Å². The van der Waals surface area contributed by atoms with Crippen LogP contribution in [0.2, 0.25) is 0 Å². The van der Waals surface area contributed by atoms with Gasteiger partial charge in [0.15, 0.2) is 6.29 Å². The second-order valence-corrected chi connectivity index (χ2v) is 8.04. The Morgan fingerprint density at radius 3 is 2.31 bits per heavy atom. The lowest BCUT2D eigenvalue weighted by Gasteiger charge is -2.34. The third-order valence-corrected chi connectivity index (χ3v) is 6.26. The molecule has 3 rings (SSSR count). The molecule has 0 amide bonds. The largest absolute Gasteiger partial charge is 0.481 e. The van der Waals surface area contributed by atoms with E-state index in [1.807, 2.05) is 0 Å². The monoisotopic (exact) mass is 360 g/mol. The van der Waals surface area contributed by atoms with Crippen LogP contribution in [0.5, 0.6) is 0 Å². The van der Waals surface area contributed by atoms with Crippen LogP contribution in [0.1, 0.15) is 63.4 Å². The van der Waals surface area contributed by atoms with Crippen LogP contribution in [0.4, 0.5) is 0 Å². The molecule has 1 N–H and O–H groups in total. The normalized spacial score (nSPS) is 26.5. The second kappa shape index (κ2) is 9.52. The van der Waals surface area contributed by atoms with Gasteiger partial charge in [0, 0.05) is 12.3 Å². The zero-order valence-electron chi connectivity index (χ0n) is 15.8. The molecule has 1 saturated heterocycles. The maximum atomic E-state index is 10.8. The van der Waals surface area contributed by atoms with E-state index in [0.29, 0.717) is 43.3 Å². The molecular formula is C22H32O4. The zero-order valence-corrected chi connectivity index (χ0v) is 15.8. The van der Waals surface area contributed by atoms with Crippen LogP contribution in [0.15, 0.2) is 30.3 Å². The smallest absolute Gasteiger partial charge is 0.303 e. The van der Waals surface area contributed by atoms with Crippen molar-refractivity contribution in [2.24, 2.45) is 17.8 Å². The van der Waals surface area contributed by atoms with Gasteiger partial charge >= 0.3 is 5.97 Å². The average molecular weight is 360 g/mol. The van der Waals surface area contributed by atoms with Crippen molar-refractivity contribution in [3.8, 4) is 0 Å². The number of ether oxygens (including phenoxy) is 2. The number of benzene rings is 1. The fourth-order valence-corrected chi connectivity index (χ4v) is 4.67. The Morgan fingerprint density at radius 1 is 1.08 bits per heavy atom. The van der Waals surface area contributed by atoms with Crippen LogP contribution in [0.25, 0.3) is 0 Å². The first-order chi connectivity index (χ1) is 12.6. The van der Waals surface area contributed by atoms with E-state index in [1.54, 1.807) is 0 Å². The van der Waals surface area contributed by atoms with Gasteiger partial charge in [-0.1, -0.05) is 62.9 Å². The van der Waals surface area contributed by atoms with Gasteiger partial charge in [0.2, 0.25) is 0 Å². The Labute approximate surface area is 156 Å². The van der Waals surface area contributed by atoms with Crippen molar-refractivity contribution in [1.29, 1.82) is 0 Å². The fourth-order valence-electron chi connectivity index (χ4n) is 4.67. The molecule has 0 bridgehead atoms. The fraction of sp³-hybridized carbons (Fsp3) is 0.682. The van der Waals surface area contributed by atoms with E-state index >= 15 is 0 Å². The van der Waals surface area contributed by atoms with E-state index in [0.717, 1.165) is 6.42 Å². The van der Waals surface area contributed by atoms with E-state index < -0.39 is 5.97 Å². The molecule has 0 spiro atoms. The summed E-state index contributed by atoms with van der Waals surface area (Å²) in [5.41, 5.74) is 1.38. The molecule has 1 aliphatic carbocycles. The third kappa shape index (κ3) is 5.31. The van der Waals surface area contributed by atoms with Gasteiger partial charge in [-0.15, -0.1) is 0 Å². The highest BCUT2D eigenvalue weighted by molar-refractivity contribution is 5.66. The minimum absolute atomic E-state index is 0.0906. The molecule has 1 saturated carbocycles. The number of aliphatic carboxylic acids is 1. The van der Waals surface area contributed by atoms with Crippen molar-refractivity contribution >= 4 is 5.97 Å². The molecule has 0 aromatic heterocycles. The standard InChI is InChI=1S/C22H32O4/c1-16(22-25-13-14-26-22)20(19-5-3-2-4-6-19)15-18-9-7-17(8-10-18)11-12-21(23)24/h2-6,16-18,20,22H,7-15H2,1H3,(H,23,24). The first kappa shape index (κ1) is 19.4. The first-order valence-electron chi connectivity index (χ1n) is 10.1. The van der Waals surface area contributed by atoms with Crippen molar-refractivity contribution in [2.45, 2.75) is 64.1 Å². The Morgan fingerprint density at radius 2 is 1.69 bits per heavy atom. The number of carbonyl (C=O) groups is 1. The molecule has 26 heavy (non-hydrogen) atoms. The summed E-state index contributed by atoms with van der Waals surface area (Å²) >= 11 is 0. The summed E-state index contributed by atoms with van der Waals surface area (Å²) in [4.78, 5) is 10.8. The molecule has 1 aliphatic heterocycles. The molecule has 1 heterocycles. The molecule has 1 aromatic carbocycles. The van der Waals surface area contributed by atoms with Gasteiger partial charge in [0.1, 0.15) is 0 Å². The van der Waals surface area contributed by atoms with Gasteiger partial charge in [-0.25, -0.2) is 0 Å². The lowest BCUT2D eigenvalue weighted by Crippen LogP contribution is -2.27. The van der Waals surface area contributed by atoms with E-state index in [-0.39, 0.29) is 6.29 Å². The minimum Gasteiger partial charge on any atom is -0.481 e. The summed E-state index contributed by atoms with van der Waals surface area (Å²) in [6, 6.07) is 10.8. The summed E-state index contributed by atoms with van der Waals surface area (Å²) in [5.74, 6) is 1.42. The summed E-state index contributed by atoms with van der Waals surface area (Å²) in [6.07, 6.45) is 7.00. The van der Waals surface area contributed by atoms with E-state index in [4.69, 9.17) is 14.6 Å². The highest BCUT2D eigenvalue weighted by Gasteiger charge is 2.33. The predicted molar refractivity (Wildman–Crippen MR) is 101 cm³/mol. The van der Waals surface area contributed by atoms with E-state index in [1.165, 1.54) is 37.7 Å². The third-order valence-electron chi connectivity index (χ3n) is 6.26. The number of carboxylic acids is 1. The molecule has 4 heteroatoms. The summed E-state index contributed by atoms with van der Waals surface area (Å²) in [6.45, 7) is 3.66. The number of hydrogen-bond donors (Lipinski definition) is 1. The summed E-state index contributed by atoms with van der Waals surface area (Å²) < 4.78 is 11.6. The minimum atomic E-state index is -0.665. The Balaban J connectivity index is 1.59. The molecule has 1 aromatic rings. The number of hydrogen-bond acceptors (Lipinski definition) is 3. The van der Waals surface area contributed by atoms with Crippen LogP contribution in [0.3, 0.4) is 0 Å². The summed E-state index contributed by atoms with van der Waals surface area (Å²) in [7, 11) is 0. The van der Waals surface area contributed by atoms with Crippen molar-refractivity contribution in [3.05, 3.63) is 35.9 Å². The van der Waals surface area contributed by atoms with Crippen molar-refractivity contribution < 1.29 is 19.4 Å². The highest BCUT2D eigenvalue weighted by atomic mass is 16.7. The van der Waals surface area contributed by atoms with Gasteiger partial charge < -0.3 is 14.6 Å². The number of carboxylic acid groups (broad SMARTS) is 1. The average Bonchev–Trinajstić information content (AvgIpc) is 3.20. The molecular weight excluding hydrogens is 328 g/mol. The highest BCUT2D eigenvalue weighted by Crippen LogP contribution is 2.41. The molecule has 2 aliphatic rings. The predicted octanol–water partition coefficient (Wildman–Crippen LogP) is 4.84. The summed E-state index contributed by atoms with van der Waals surface area (Å²) in [5, 5.41) is 8.88. The van der Waals surface area contributed by atoms with Crippen molar-refractivity contribution in [3.63, 3.8) is 0 Å². The molecule has 144 valence electrons. The Hall–Kier alpha value is -1.39. The zero-order chi connectivity index (χ0) is 18.4. The Kier molecular flexibility index (Phi) is 7.09. The molecule has 2 fully saturated rings. The molecule has 2 unspecified atom stereocenters. The van der Waals surface area contributed by atoms with Crippen LogP contribution >= 0.6 is 0 Å². The molecule has 2 atom stereocenters.